The van der Waals surface area contributed by atoms with E-state index in [0.29, 0.717) is 0 Å². The molecule has 134 valence electrons. The highest BCUT2D eigenvalue weighted by Gasteiger charge is 2.30. The third-order valence-electron chi connectivity index (χ3n) is 6.19. The molecule has 23 heavy (non-hydrogen) atoms. The Hall–Kier alpha value is -0.530. The second-order valence-corrected chi connectivity index (χ2v) is 8.08. The fourth-order valence-corrected chi connectivity index (χ4v) is 4.47. The van der Waals surface area contributed by atoms with Crippen LogP contribution in [0.1, 0.15) is 104 Å². The summed E-state index contributed by atoms with van der Waals surface area (Å²) in [6.07, 6.45) is 17.6. The summed E-state index contributed by atoms with van der Waals surface area (Å²) in [6.45, 7) is 4.53. The smallest absolute Gasteiger partial charge is 0.309 e. The Balaban J connectivity index is 1.62. The van der Waals surface area contributed by atoms with E-state index >= 15 is 0 Å². The predicted molar refractivity (Wildman–Crippen MR) is 96.3 cm³/mol. The van der Waals surface area contributed by atoms with Gasteiger partial charge in [0.25, 0.3) is 0 Å². The molecule has 0 heterocycles. The first-order valence-electron chi connectivity index (χ1n) is 10.4. The first-order valence-corrected chi connectivity index (χ1v) is 10.4. The quantitative estimate of drug-likeness (QED) is 0.492. The molecule has 0 saturated heterocycles. The number of esters is 1. The van der Waals surface area contributed by atoms with Crippen molar-refractivity contribution >= 4 is 5.97 Å². The number of hydrogen-bond donors (Lipinski definition) is 0. The van der Waals surface area contributed by atoms with Gasteiger partial charge in [-0.3, -0.25) is 4.79 Å². The molecule has 0 spiro atoms. The van der Waals surface area contributed by atoms with Crippen LogP contribution in [0.2, 0.25) is 0 Å². The van der Waals surface area contributed by atoms with Gasteiger partial charge in [-0.2, -0.15) is 0 Å². The molecule has 0 N–H and O–H groups in total. The molecule has 0 atom stereocenters. The molecule has 2 saturated carbocycles. The molecule has 2 heteroatoms. The Kier molecular flexibility index (Phi) is 8.47. The summed E-state index contributed by atoms with van der Waals surface area (Å²) in [5.74, 6) is 2.08. The summed E-state index contributed by atoms with van der Waals surface area (Å²) in [4.78, 5) is 12.4. The van der Waals surface area contributed by atoms with Crippen LogP contribution in [0.15, 0.2) is 0 Å². The Labute approximate surface area is 143 Å². The zero-order valence-electron chi connectivity index (χ0n) is 15.5. The van der Waals surface area contributed by atoms with Crippen LogP contribution < -0.4 is 0 Å². The van der Waals surface area contributed by atoms with Crippen LogP contribution in [0, 0.1) is 17.8 Å². The van der Waals surface area contributed by atoms with Crippen molar-refractivity contribution in [2.45, 2.75) is 110 Å². The van der Waals surface area contributed by atoms with E-state index in [1.165, 1.54) is 64.2 Å². The van der Waals surface area contributed by atoms with E-state index in [-0.39, 0.29) is 18.0 Å². The van der Waals surface area contributed by atoms with Gasteiger partial charge in [0, 0.05) is 0 Å². The zero-order valence-corrected chi connectivity index (χ0v) is 15.5. The van der Waals surface area contributed by atoms with Crippen LogP contribution in [0.5, 0.6) is 0 Å². The van der Waals surface area contributed by atoms with Gasteiger partial charge in [-0.25, -0.2) is 0 Å². The maximum Gasteiger partial charge on any atom is 0.309 e. The minimum Gasteiger partial charge on any atom is -0.462 e. The number of carbonyl (C=O) groups is 1. The molecule has 0 aliphatic heterocycles. The molecule has 2 fully saturated rings. The van der Waals surface area contributed by atoms with Crippen LogP contribution in [0.3, 0.4) is 0 Å². The van der Waals surface area contributed by atoms with Crippen LogP contribution >= 0.6 is 0 Å². The molecule has 0 unspecified atom stereocenters. The highest BCUT2D eigenvalue weighted by Crippen LogP contribution is 2.34. The van der Waals surface area contributed by atoms with Gasteiger partial charge in [0.1, 0.15) is 6.10 Å². The van der Waals surface area contributed by atoms with Gasteiger partial charge in [-0.05, 0) is 63.2 Å². The fraction of sp³-hybridized carbons (Fsp3) is 0.952. The lowest BCUT2D eigenvalue weighted by Gasteiger charge is -2.31. The monoisotopic (exact) mass is 322 g/mol. The third kappa shape index (κ3) is 6.47. The highest BCUT2D eigenvalue weighted by molar-refractivity contribution is 5.72. The van der Waals surface area contributed by atoms with Gasteiger partial charge in [-0.15, -0.1) is 0 Å². The molecular weight excluding hydrogens is 284 g/mol. The Morgan fingerprint density at radius 3 is 1.74 bits per heavy atom. The predicted octanol–water partition coefficient (Wildman–Crippen LogP) is 6.28. The van der Waals surface area contributed by atoms with Gasteiger partial charge < -0.3 is 4.74 Å². The van der Waals surface area contributed by atoms with E-state index in [1.54, 1.807) is 0 Å². The van der Waals surface area contributed by atoms with E-state index in [9.17, 15) is 4.79 Å². The van der Waals surface area contributed by atoms with Crippen LogP contribution in [-0.2, 0) is 9.53 Å². The molecule has 0 bridgehead atoms. The summed E-state index contributed by atoms with van der Waals surface area (Å²) < 4.78 is 5.86. The van der Waals surface area contributed by atoms with Crippen molar-refractivity contribution in [3.8, 4) is 0 Å². The first-order chi connectivity index (χ1) is 11.2. The van der Waals surface area contributed by atoms with Gasteiger partial charge >= 0.3 is 5.97 Å². The Bertz CT molecular complexity index is 323. The molecule has 0 radical (unpaired) electrons. The van der Waals surface area contributed by atoms with Crippen molar-refractivity contribution in [2.75, 3.05) is 0 Å². The number of carbonyl (C=O) groups excluding carboxylic acids is 1. The third-order valence-corrected chi connectivity index (χ3v) is 6.19. The average Bonchev–Trinajstić information content (AvgIpc) is 2.59. The van der Waals surface area contributed by atoms with Gasteiger partial charge in [-0.1, -0.05) is 52.4 Å². The largest absolute Gasteiger partial charge is 0.462 e. The summed E-state index contributed by atoms with van der Waals surface area (Å²) in [7, 11) is 0. The molecule has 2 rings (SSSR count). The average molecular weight is 323 g/mol. The summed E-state index contributed by atoms with van der Waals surface area (Å²) >= 11 is 0. The number of ether oxygens (including phenoxy) is 1. The number of rotatable bonds is 8. The van der Waals surface area contributed by atoms with Crippen molar-refractivity contribution < 1.29 is 9.53 Å². The van der Waals surface area contributed by atoms with Crippen LogP contribution in [0.25, 0.3) is 0 Å². The van der Waals surface area contributed by atoms with Gasteiger partial charge in [0.2, 0.25) is 0 Å². The molecule has 0 amide bonds. The second kappa shape index (κ2) is 10.4. The molecular formula is C21H38O2. The van der Waals surface area contributed by atoms with Crippen molar-refractivity contribution in [3.05, 3.63) is 0 Å². The van der Waals surface area contributed by atoms with Crippen LogP contribution in [-0.4, -0.2) is 12.1 Å². The summed E-state index contributed by atoms with van der Waals surface area (Å²) in [5.41, 5.74) is 0. The van der Waals surface area contributed by atoms with E-state index in [0.717, 1.165) is 37.5 Å². The molecule has 2 nitrogen and oxygen atoms in total. The van der Waals surface area contributed by atoms with Gasteiger partial charge in [0.15, 0.2) is 0 Å². The SMILES string of the molecule is CCCCC1CCC(OC(=O)C2CCC(CCCC)CC2)CC1. The van der Waals surface area contributed by atoms with Crippen molar-refractivity contribution in [3.63, 3.8) is 0 Å². The van der Waals surface area contributed by atoms with E-state index in [2.05, 4.69) is 13.8 Å². The van der Waals surface area contributed by atoms with Crippen molar-refractivity contribution in [1.82, 2.24) is 0 Å². The molecule has 0 aromatic carbocycles. The number of unbranched alkanes of at least 4 members (excludes halogenated alkanes) is 2. The zero-order chi connectivity index (χ0) is 16.5. The normalized spacial score (nSPS) is 31.7. The van der Waals surface area contributed by atoms with Gasteiger partial charge in [0.05, 0.1) is 5.92 Å². The molecule has 0 aromatic rings. The maximum atomic E-state index is 12.4. The van der Waals surface area contributed by atoms with E-state index in [4.69, 9.17) is 4.74 Å². The lowest BCUT2D eigenvalue weighted by molar-refractivity contribution is -0.157. The topological polar surface area (TPSA) is 26.3 Å². The van der Waals surface area contributed by atoms with Crippen molar-refractivity contribution in [2.24, 2.45) is 17.8 Å². The summed E-state index contributed by atoms with van der Waals surface area (Å²) in [5, 5.41) is 0. The number of hydrogen-bond acceptors (Lipinski definition) is 2. The van der Waals surface area contributed by atoms with E-state index in [1.807, 2.05) is 0 Å². The highest BCUT2D eigenvalue weighted by atomic mass is 16.5. The van der Waals surface area contributed by atoms with E-state index < -0.39 is 0 Å². The molecule has 2 aliphatic carbocycles. The fourth-order valence-electron chi connectivity index (χ4n) is 4.47. The molecule has 2 aliphatic rings. The second-order valence-electron chi connectivity index (χ2n) is 8.08. The lowest BCUT2D eigenvalue weighted by atomic mass is 9.79. The first kappa shape index (κ1) is 18.8. The minimum absolute atomic E-state index is 0.121. The Morgan fingerprint density at radius 1 is 0.783 bits per heavy atom. The minimum atomic E-state index is 0.121. The summed E-state index contributed by atoms with van der Waals surface area (Å²) in [6, 6.07) is 0. The van der Waals surface area contributed by atoms with Crippen molar-refractivity contribution in [1.29, 1.82) is 0 Å². The lowest BCUT2D eigenvalue weighted by Crippen LogP contribution is -2.30. The van der Waals surface area contributed by atoms with Crippen LogP contribution in [0.4, 0.5) is 0 Å². The Morgan fingerprint density at radius 2 is 1.26 bits per heavy atom. The maximum absolute atomic E-state index is 12.4. The molecule has 0 aromatic heterocycles. The standard InChI is InChI=1S/C21H38O2/c1-3-5-7-17-9-13-19(14-10-17)21(22)23-20-15-11-18(12-16-20)8-6-4-2/h17-20H,3-16H2,1-2H3.